The van der Waals surface area contributed by atoms with Gasteiger partial charge in [-0.1, -0.05) is 12.1 Å². The third kappa shape index (κ3) is 4.43. The largest absolute Gasteiger partial charge is 0.497 e. The Morgan fingerprint density at radius 1 is 1.43 bits per heavy atom. The molecule has 0 saturated carbocycles. The van der Waals surface area contributed by atoms with E-state index in [0.717, 1.165) is 24.2 Å². The highest BCUT2D eigenvalue weighted by atomic mass is 32.2. The number of piperidine rings is 1. The topological polar surface area (TPSA) is 66.8 Å². The fourth-order valence-electron chi connectivity index (χ4n) is 2.63. The molecule has 118 valence electrons. The molecular weight excluding hydrogens is 290 g/mol. The first-order chi connectivity index (χ1) is 10.0. The van der Waals surface area contributed by atoms with E-state index in [1.165, 1.54) is 4.31 Å². The Morgan fingerprint density at radius 3 is 2.95 bits per heavy atom. The molecule has 0 aromatic heterocycles. The fourth-order valence-corrected chi connectivity index (χ4v) is 4.23. The molecular formula is C15H23NO4S. The van der Waals surface area contributed by atoms with E-state index in [4.69, 9.17) is 4.74 Å². The zero-order valence-electron chi connectivity index (χ0n) is 12.4. The minimum atomic E-state index is -3.26. The number of methoxy groups -OCH3 is 1. The van der Waals surface area contributed by atoms with E-state index in [-0.39, 0.29) is 18.3 Å². The van der Waals surface area contributed by atoms with Gasteiger partial charge in [-0.3, -0.25) is 0 Å². The number of rotatable bonds is 6. The maximum absolute atomic E-state index is 12.4. The van der Waals surface area contributed by atoms with Crippen molar-refractivity contribution >= 4 is 10.0 Å². The van der Waals surface area contributed by atoms with Crippen molar-refractivity contribution < 1.29 is 18.3 Å². The molecule has 1 aromatic carbocycles. The average molecular weight is 313 g/mol. The van der Waals surface area contributed by atoms with Gasteiger partial charge >= 0.3 is 0 Å². The second-order valence-electron chi connectivity index (χ2n) is 5.47. The SMILES string of the molecule is COc1cccc(CCS(=O)(=O)N2CCCC(CO)C2)c1. The van der Waals surface area contributed by atoms with E-state index >= 15 is 0 Å². The normalized spacial score (nSPS) is 20.4. The molecule has 0 bridgehead atoms. The quantitative estimate of drug-likeness (QED) is 0.859. The van der Waals surface area contributed by atoms with Crippen LogP contribution in [-0.4, -0.2) is 50.4 Å². The minimum absolute atomic E-state index is 0.0574. The summed E-state index contributed by atoms with van der Waals surface area (Å²) in [6.07, 6.45) is 2.20. The van der Waals surface area contributed by atoms with Crippen LogP contribution in [0.3, 0.4) is 0 Å². The van der Waals surface area contributed by atoms with Crippen molar-refractivity contribution in [2.24, 2.45) is 5.92 Å². The lowest BCUT2D eigenvalue weighted by Gasteiger charge is -2.31. The van der Waals surface area contributed by atoms with E-state index in [0.29, 0.717) is 19.5 Å². The van der Waals surface area contributed by atoms with Crippen LogP contribution in [0.5, 0.6) is 5.75 Å². The molecule has 6 heteroatoms. The van der Waals surface area contributed by atoms with Gasteiger partial charge in [0.25, 0.3) is 0 Å². The van der Waals surface area contributed by atoms with E-state index in [1.54, 1.807) is 7.11 Å². The predicted molar refractivity (Wildman–Crippen MR) is 81.9 cm³/mol. The maximum atomic E-state index is 12.4. The maximum Gasteiger partial charge on any atom is 0.214 e. The Labute approximate surface area is 126 Å². The van der Waals surface area contributed by atoms with Crippen molar-refractivity contribution in [3.63, 3.8) is 0 Å². The summed E-state index contributed by atoms with van der Waals surface area (Å²) in [6.45, 7) is 1.07. The second-order valence-corrected chi connectivity index (χ2v) is 7.55. The summed E-state index contributed by atoms with van der Waals surface area (Å²) in [7, 11) is -1.67. The third-order valence-electron chi connectivity index (χ3n) is 3.92. The van der Waals surface area contributed by atoms with Gasteiger partial charge in [-0.25, -0.2) is 12.7 Å². The van der Waals surface area contributed by atoms with Gasteiger partial charge in [-0.15, -0.1) is 0 Å². The highest BCUT2D eigenvalue weighted by Crippen LogP contribution is 2.20. The zero-order valence-corrected chi connectivity index (χ0v) is 13.2. The molecule has 2 rings (SSSR count). The molecule has 1 saturated heterocycles. The summed E-state index contributed by atoms with van der Waals surface area (Å²) in [6, 6.07) is 7.48. The Morgan fingerprint density at radius 2 is 2.24 bits per heavy atom. The number of nitrogens with zero attached hydrogens (tertiary/aromatic N) is 1. The summed E-state index contributed by atoms with van der Waals surface area (Å²) in [5, 5.41) is 9.20. The van der Waals surface area contributed by atoms with Crippen LogP contribution in [0.1, 0.15) is 18.4 Å². The molecule has 0 amide bonds. The highest BCUT2D eigenvalue weighted by Gasteiger charge is 2.28. The summed E-state index contributed by atoms with van der Waals surface area (Å²) < 4.78 is 31.4. The monoisotopic (exact) mass is 313 g/mol. The van der Waals surface area contributed by atoms with E-state index < -0.39 is 10.0 Å². The number of hydrogen-bond acceptors (Lipinski definition) is 4. The Balaban J connectivity index is 1.97. The van der Waals surface area contributed by atoms with Crippen LogP contribution in [0.2, 0.25) is 0 Å². The first-order valence-electron chi connectivity index (χ1n) is 7.27. The summed E-state index contributed by atoms with van der Waals surface area (Å²) in [5.41, 5.74) is 0.952. The number of aryl methyl sites for hydroxylation is 1. The van der Waals surface area contributed by atoms with Gasteiger partial charge in [0.1, 0.15) is 5.75 Å². The zero-order chi connectivity index (χ0) is 15.3. The molecule has 1 aliphatic rings. The fraction of sp³-hybridized carbons (Fsp3) is 0.600. The van der Waals surface area contributed by atoms with Crippen molar-refractivity contribution in [3.8, 4) is 5.75 Å². The molecule has 1 fully saturated rings. The van der Waals surface area contributed by atoms with E-state index in [9.17, 15) is 13.5 Å². The molecule has 0 radical (unpaired) electrons. The molecule has 21 heavy (non-hydrogen) atoms. The van der Waals surface area contributed by atoms with Gasteiger partial charge in [0.15, 0.2) is 0 Å². The lowest BCUT2D eigenvalue weighted by Crippen LogP contribution is -2.42. The molecule has 5 nitrogen and oxygen atoms in total. The standard InChI is InChI=1S/C15H23NO4S/c1-20-15-6-2-4-13(10-15)7-9-21(18,19)16-8-3-5-14(11-16)12-17/h2,4,6,10,14,17H,3,5,7-9,11-12H2,1H3. The van der Waals surface area contributed by atoms with E-state index in [2.05, 4.69) is 0 Å². The van der Waals surface area contributed by atoms with Crippen LogP contribution in [0, 0.1) is 5.92 Å². The first kappa shape index (κ1) is 16.3. The summed E-state index contributed by atoms with van der Waals surface area (Å²) in [5.74, 6) is 0.909. The number of sulfonamides is 1. The van der Waals surface area contributed by atoms with Crippen molar-refractivity contribution in [2.75, 3.05) is 32.6 Å². The highest BCUT2D eigenvalue weighted by molar-refractivity contribution is 7.89. The Hall–Kier alpha value is -1.11. The van der Waals surface area contributed by atoms with Gasteiger partial charge in [-0.05, 0) is 42.9 Å². The van der Waals surface area contributed by atoms with Crippen molar-refractivity contribution in [3.05, 3.63) is 29.8 Å². The molecule has 1 N–H and O–H groups in total. The van der Waals surface area contributed by atoms with Crippen LogP contribution >= 0.6 is 0 Å². The molecule has 1 aliphatic heterocycles. The Kier molecular flexibility index (Phi) is 5.61. The van der Waals surface area contributed by atoms with Crippen LogP contribution < -0.4 is 4.74 Å². The van der Waals surface area contributed by atoms with Gasteiger partial charge in [0.2, 0.25) is 10.0 Å². The van der Waals surface area contributed by atoms with Gasteiger partial charge < -0.3 is 9.84 Å². The molecule has 1 atom stereocenters. The lowest BCUT2D eigenvalue weighted by atomic mass is 10.0. The molecule has 0 spiro atoms. The van der Waals surface area contributed by atoms with E-state index in [1.807, 2.05) is 24.3 Å². The second kappa shape index (κ2) is 7.24. The lowest BCUT2D eigenvalue weighted by molar-refractivity contribution is 0.165. The predicted octanol–water partition coefficient (Wildman–Crippen LogP) is 1.27. The summed E-state index contributed by atoms with van der Waals surface area (Å²) in [4.78, 5) is 0. The van der Waals surface area contributed by atoms with Crippen LogP contribution in [0.25, 0.3) is 0 Å². The molecule has 0 aliphatic carbocycles. The van der Waals surface area contributed by atoms with Crippen LogP contribution in [0.15, 0.2) is 24.3 Å². The van der Waals surface area contributed by atoms with Gasteiger partial charge in [0, 0.05) is 19.7 Å². The van der Waals surface area contributed by atoms with Crippen LogP contribution in [-0.2, 0) is 16.4 Å². The average Bonchev–Trinajstić information content (AvgIpc) is 2.53. The number of ether oxygens (including phenoxy) is 1. The third-order valence-corrected chi connectivity index (χ3v) is 5.75. The van der Waals surface area contributed by atoms with Crippen molar-refractivity contribution in [1.82, 2.24) is 4.31 Å². The molecule has 1 aromatic rings. The minimum Gasteiger partial charge on any atom is -0.497 e. The smallest absolute Gasteiger partial charge is 0.214 e. The van der Waals surface area contributed by atoms with Gasteiger partial charge in [0.05, 0.1) is 12.9 Å². The van der Waals surface area contributed by atoms with Crippen molar-refractivity contribution in [2.45, 2.75) is 19.3 Å². The molecule has 1 heterocycles. The number of benzene rings is 1. The van der Waals surface area contributed by atoms with Crippen molar-refractivity contribution in [1.29, 1.82) is 0 Å². The number of aliphatic hydroxyl groups is 1. The Bertz CT molecular complexity index is 559. The van der Waals surface area contributed by atoms with Gasteiger partial charge in [-0.2, -0.15) is 0 Å². The van der Waals surface area contributed by atoms with Crippen LogP contribution in [0.4, 0.5) is 0 Å². The molecule has 1 unspecified atom stereocenters. The number of hydrogen-bond donors (Lipinski definition) is 1. The number of aliphatic hydroxyl groups excluding tert-OH is 1. The summed E-state index contributed by atoms with van der Waals surface area (Å²) >= 11 is 0. The first-order valence-corrected chi connectivity index (χ1v) is 8.87.